The first-order valence-corrected chi connectivity index (χ1v) is 13.2. The lowest BCUT2D eigenvalue weighted by molar-refractivity contribution is 0.0684. The summed E-state index contributed by atoms with van der Waals surface area (Å²) in [5.74, 6) is 1.08. The van der Waals surface area contributed by atoms with Crippen molar-refractivity contribution in [2.45, 2.75) is 51.6 Å². The highest BCUT2D eigenvalue weighted by Crippen LogP contribution is 2.49. The molecule has 3 aliphatic rings. The molecule has 6 nitrogen and oxygen atoms in total. The summed E-state index contributed by atoms with van der Waals surface area (Å²) in [6.45, 7) is 5.08. The van der Waals surface area contributed by atoms with E-state index in [0.717, 1.165) is 52.3 Å². The molecule has 0 bridgehead atoms. The van der Waals surface area contributed by atoms with Crippen LogP contribution in [0.3, 0.4) is 0 Å². The van der Waals surface area contributed by atoms with Gasteiger partial charge >= 0.3 is 0 Å². The maximum absolute atomic E-state index is 13.8. The molecule has 35 heavy (non-hydrogen) atoms. The number of thiazole rings is 1. The van der Waals surface area contributed by atoms with E-state index in [-0.39, 0.29) is 23.9 Å². The van der Waals surface area contributed by atoms with Crippen molar-refractivity contribution in [1.82, 2.24) is 15.2 Å². The molecule has 2 aliphatic heterocycles. The molecule has 2 amide bonds. The summed E-state index contributed by atoms with van der Waals surface area (Å²) in [6.07, 6.45) is 3.86. The Bertz CT molecular complexity index is 1320. The number of likely N-dealkylation sites (tertiary alicyclic amines) is 1. The monoisotopic (exact) mass is 487 g/mol. The van der Waals surface area contributed by atoms with Gasteiger partial charge in [-0.05, 0) is 62.6 Å². The van der Waals surface area contributed by atoms with Crippen molar-refractivity contribution in [3.05, 3.63) is 69.9 Å². The van der Waals surface area contributed by atoms with E-state index in [2.05, 4.69) is 29.4 Å². The molecule has 3 heterocycles. The van der Waals surface area contributed by atoms with Crippen LogP contribution in [0.15, 0.2) is 42.5 Å². The van der Waals surface area contributed by atoms with Crippen molar-refractivity contribution >= 4 is 23.2 Å². The molecule has 1 aliphatic carbocycles. The molecule has 1 aromatic heterocycles. The number of hydrogen-bond acceptors (Lipinski definition) is 5. The van der Waals surface area contributed by atoms with Gasteiger partial charge in [-0.15, -0.1) is 11.3 Å². The molecule has 3 atom stereocenters. The van der Waals surface area contributed by atoms with E-state index < -0.39 is 0 Å². The quantitative estimate of drug-likeness (QED) is 0.562. The number of nitrogens with one attached hydrogen (secondary N) is 1. The SMILES string of the molecule is Cc1cccc(-c2sc(C)nc2C(=O)N2[C@H](CNC(=O)c3cccc4c3OCCC4)C[C@@H]3C[C@@H]32)c1. The van der Waals surface area contributed by atoms with Crippen molar-refractivity contribution in [1.29, 1.82) is 0 Å². The van der Waals surface area contributed by atoms with Crippen molar-refractivity contribution in [2.24, 2.45) is 5.92 Å². The predicted molar refractivity (Wildman–Crippen MR) is 136 cm³/mol. The summed E-state index contributed by atoms with van der Waals surface area (Å²) in [5.41, 5.74) is 4.39. The average molecular weight is 488 g/mol. The second kappa shape index (κ2) is 8.79. The van der Waals surface area contributed by atoms with E-state index in [0.29, 0.717) is 36.1 Å². The molecule has 0 radical (unpaired) electrons. The molecule has 0 unspecified atom stereocenters. The highest BCUT2D eigenvalue weighted by atomic mass is 32.1. The molecule has 6 rings (SSSR count). The molecule has 2 aromatic carbocycles. The first-order valence-electron chi connectivity index (χ1n) is 12.4. The van der Waals surface area contributed by atoms with E-state index in [4.69, 9.17) is 4.74 Å². The maximum Gasteiger partial charge on any atom is 0.274 e. The molecular weight excluding hydrogens is 458 g/mol. The lowest BCUT2D eigenvalue weighted by Gasteiger charge is -2.28. The summed E-state index contributed by atoms with van der Waals surface area (Å²) < 4.78 is 5.82. The van der Waals surface area contributed by atoms with Crippen LogP contribution in [0.25, 0.3) is 10.4 Å². The third-order valence-electron chi connectivity index (χ3n) is 7.34. The Kier molecular flexibility index (Phi) is 5.60. The minimum atomic E-state index is -0.137. The van der Waals surface area contributed by atoms with E-state index in [1.54, 1.807) is 11.3 Å². The zero-order chi connectivity index (χ0) is 24.1. The number of aromatic nitrogens is 1. The highest BCUT2D eigenvalue weighted by molar-refractivity contribution is 7.15. The summed E-state index contributed by atoms with van der Waals surface area (Å²) in [6, 6.07) is 14.2. The Morgan fingerprint density at radius 3 is 2.89 bits per heavy atom. The highest BCUT2D eigenvalue weighted by Gasteiger charge is 2.54. The molecular formula is C28H29N3O3S. The van der Waals surface area contributed by atoms with Gasteiger partial charge in [0.05, 0.1) is 28.1 Å². The number of amides is 2. The Morgan fingerprint density at radius 1 is 1.17 bits per heavy atom. The number of carbonyl (C=O) groups excluding carboxylic acids is 2. The van der Waals surface area contributed by atoms with Gasteiger partial charge in [0.1, 0.15) is 11.4 Å². The molecule has 7 heteroatoms. The second-order valence-electron chi connectivity index (χ2n) is 9.90. The van der Waals surface area contributed by atoms with Gasteiger partial charge in [-0.2, -0.15) is 0 Å². The van der Waals surface area contributed by atoms with Crippen LogP contribution in [-0.2, 0) is 6.42 Å². The van der Waals surface area contributed by atoms with Gasteiger partial charge in [0.25, 0.3) is 11.8 Å². The molecule has 1 N–H and O–H groups in total. The van der Waals surface area contributed by atoms with Gasteiger partial charge in [0, 0.05) is 12.6 Å². The Morgan fingerprint density at radius 2 is 2.03 bits per heavy atom. The average Bonchev–Trinajstić information content (AvgIpc) is 3.35. The Hall–Kier alpha value is -3.19. The van der Waals surface area contributed by atoms with Crippen LogP contribution in [0.4, 0.5) is 0 Å². The zero-order valence-corrected chi connectivity index (χ0v) is 20.9. The van der Waals surface area contributed by atoms with Gasteiger partial charge in [-0.1, -0.05) is 42.0 Å². The number of ether oxygens (including phenoxy) is 1. The predicted octanol–water partition coefficient (Wildman–Crippen LogP) is 4.78. The molecule has 3 aromatic rings. The van der Waals surface area contributed by atoms with Crippen molar-refractivity contribution in [2.75, 3.05) is 13.2 Å². The number of benzene rings is 2. The Labute approximate surface area is 209 Å². The number of para-hydroxylation sites is 1. The number of piperidine rings is 1. The number of hydrogen-bond donors (Lipinski definition) is 1. The summed E-state index contributed by atoms with van der Waals surface area (Å²) in [4.78, 5) is 34.5. The Balaban J connectivity index is 1.22. The van der Waals surface area contributed by atoms with Crippen LogP contribution in [0.1, 0.15) is 56.2 Å². The topological polar surface area (TPSA) is 71.5 Å². The van der Waals surface area contributed by atoms with E-state index in [9.17, 15) is 9.59 Å². The van der Waals surface area contributed by atoms with Crippen LogP contribution in [0.5, 0.6) is 5.75 Å². The molecule has 0 spiro atoms. The van der Waals surface area contributed by atoms with Crippen LogP contribution < -0.4 is 10.1 Å². The molecule has 1 saturated heterocycles. The van der Waals surface area contributed by atoms with Gasteiger partial charge in [0.2, 0.25) is 0 Å². The van der Waals surface area contributed by atoms with E-state index in [1.807, 2.05) is 42.2 Å². The molecule has 2 fully saturated rings. The number of fused-ring (bicyclic) bond motifs is 2. The maximum atomic E-state index is 13.8. The minimum Gasteiger partial charge on any atom is -0.492 e. The second-order valence-corrected chi connectivity index (χ2v) is 11.1. The smallest absolute Gasteiger partial charge is 0.274 e. The standard InChI is InChI=1S/C28H29N3O3S/c1-16-6-3-8-19(12-16)26-24(30-17(2)35-26)28(33)31-21(13-20-14-23(20)31)15-29-27(32)22-10-4-7-18-9-5-11-34-25(18)22/h3-4,6-8,10,12,20-21,23H,5,9,11,13-15H2,1-2H3,(H,29,32)/t20-,21+,23+/m1/s1. The summed E-state index contributed by atoms with van der Waals surface area (Å²) in [7, 11) is 0. The fourth-order valence-corrected chi connectivity index (χ4v) is 6.51. The fraction of sp³-hybridized carbons (Fsp3) is 0.393. The van der Waals surface area contributed by atoms with Gasteiger partial charge < -0.3 is 15.0 Å². The van der Waals surface area contributed by atoms with Crippen molar-refractivity contribution < 1.29 is 14.3 Å². The molecule has 180 valence electrons. The van der Waals surface area contributed by atoms with E-state index in [1.165, 1.54) is 0 Å². The number of rotatable bonds is 5. The fourth-order valence-electron chi connectivity index (χ4n) is 5.61. The number of aryl methyl sites for hydroxylation is 3. The first kappa shape index (κ1) is 22.3. The van der Waals surface area contributed by atoms with Crippen LogP contribution in [0, 0.1) is 19.8 Å². The van der Waals surface area contributed by atoms with Crippen molar-refractivity contribution in [3.8, 4) is 16.2 Å². The summed E-state index contributed by atoms with van der Waals surface area (Å²) in [5, 5.41) is 3.98. The first-order chi connectivity index (χ1) is 17.0. The van der Waals surface area contributed by atoms with Gasteiger partial charge in [0.15, 0.2) is 0 Å². The molecule has 1 saturated carbocycles. The normalized spacial score (nSPS) is 22.2. The summed E-state index contributed by atoms with van der Waals surface area (Å²) >= 11 is 1.57. The van der Waals surface area contributed by atoms with Crippen LogP contribution in [0.2, 0.25) is 0 Å². The van der Waals surface area contributed by atoms with Crippen LogP contribution in [-0.4, -0.2) is 46.9 Å². The zero-order valence-electron chi connectivity index (χ0n) is 20.0. The number of nitrogens with zero attached hydrogens (tertiary/aromatic N) is 2. The lowest BCUT2D eigenvalue weighted by Crippen LogP contribution is -2.45. The number of carbonyl (C=O) groups is 2. The van der Waals surface area contributed by atoms with Gasteiger partial charge in [-0.3, -0.25) is 9.59 Å². The third kappa shape index (κ3) is 4.12. The van der Waals surface area contributed by atoms with Crippen molar-refractivity contribution in [3.63, 3.8) is 0 Å². The minimum absolute atomic E-state index is 0.0180. The third-order valence-corrected chi connectivity index (χ3v) is 8.36. The van der Waals surface area contributed by atoms with Gasteiger partial charge in [-0.25, -0.2) is 4.98 Å². The van der Waals surface area contributed by atoms with E-state index >= 15 is 0 Å². The van der Waals surface area contributed by atoms with Crippen LogP contribution >= 0.6 is 11.3 Å². The largest absolute Gasteiger partial charge is 0.492 e. The lowest BCUT2D eigenvalue weighted by atomic mass is 10.0.